The Kier molecular flexibility index (Phi) is 5.12. The summed E-state index contributed by atoms with van der Waals surface area (Å²) in [5, 5.41) is 11.4. The summed E-state index contributed by atoms with van der Waals surface area (Å²) in [5.74, 6) is 1.24. The van der Waals surface area contributed by atoms with Gasteiger partial charge >= 0.3 is 0 Å². The van der Waals surface area contributed by atoms with Gasteiger partial charge in [0.15, 0.2) is 5.82 Å². The highest BCUT2D eigenvalue weighted by Crippen LogP contribution is 2.19. The van der Waals surface area contributed by atoms with Crippen molar-refractivity contribution in [1.29, 1.82) is 0 Å². The Labute approximate surface area is 136 Å². The molecule has 3 rings (SSSR count). The summed E-state index contributed by atoms with van der Waals surface area (Å²) in [5.41, 5.74) is 1.19. The second-order valence-corrected chi connectivity index (χ2v) is 7.27. The molecule has 0 bridgehead atoms. The van der Waals surface area contributed by atoms with E-state index in [1.807, 2.05) is 6.92 Å². The summed E-state index contributed by atoms with van der Waals surface area (Å²) in [6.07, 6.45) is 1.87. The van der Waals surface area contributed by atoms with Crippen LogP contribution in [0.15, 0.2) is 18.2 Å². The summed E-state index contributed by atoms with van der Waals surface area (Å²) in [4.78, 5) is 0. The normalized spacial score (nSPS) is 17.3. The summed E-state index contributed by atoms with van der Waals surface area (Å²) < 4.78 is 33.0. The summed E-state index contributed by atoms with van der Waals surface area (Å²) >= 11 is 0. The number of hydrogen-bond acceptors (Lipinski definition) is 5. The Morgan fingerprint density at radius 2 is 2.17 bits per heavy atom. The van der Waals surface area contributed by atoms with Crippen molar-refractivity contribution in [3.8, 4) is 5.69 Å². The predicted octanol–water partition coefficient (Wildman–Crippen LogP) is 1.79. The molecule has 0 aliphatic carbocycles. The SMILES string of the molecule is Cc1ccc(F)c(-n2nnnc2C[S@](=O)CC2CCOCC2)c1. The van der Waals surface area contributed by atoms with E-state index >= 15 is 0 Å². The van der Waals surface area contributed by atoms with Crippen LogP contribution in [-0.4, -0.2) is 43.4 Å². The Morgan fingerprint density at radius 3 is 2.96 bits per heavy atom. The van der Waals surface area contributed by atoms with Crippen molar-refractivity contribution in [2.45, 2.75) is 25.5 Å². The van der Waals surface area contributed by atoms with Crippen molar-refractivity contribution in [3.63, 3.8) is 0 Å². The smallest absolute Gasteiger partial charge is 0.169 e. The lowest BCUT2D eigenvalue weighted by Gasteiger charge is -2.21. The van der Waals surface area contributed by atoms with Gasteiger partial charge in [-0.15, -0.1) is 5.10 Å². The van der Waals surface area contributed by atoms with E-state index in [2.05, 4.69) is 15.5 Å². The van der Waals surface area contributed by atoms with E-state index < -0.39 is 16.6 Å². The van der Waals surface area contributed by atoms with Crippen molar-refractivity contribution >= 4 is 10.8 Å². The average molecular weight is 338 g/mol. The molecule has 2 heterocycles. The van der Waals surface area contributed by atoms with Gasteiger partial charge in [0.25, 0.3) is 0 Å². The van der Waals surface area contributed by atoms with Crippen LogP contribution in [0.1, 0.15) is 24.2 Å². The van der Waals surface area contributed by atoms with Crippen LogP contribution in [0.5, 0.6) is 0 Å². The number of hydrogen-bond donors (Lipinski definition) is 0. The third-order valence-electron chi connectivity index (χ3n) is 3.92. The summed E-state index contributed by atoms with van der Waals surface area (Å²) in [7, 11) is -1.08. The first-order valence-electron chi connectivity index (χ1n) is 7.60. The van der Waals surface area contributed by atoms with Gasteiger partial charge in [-0.2, -0.15) is 4.68 Å². The second kappa shape index (κ2) is 7.27. The fourth-order valence-electron chi connectivity index (χ4n) is 2.65. The van der Waals surface area contributed by atoms with Crippen LogP contribution in [0.25, 0.3) is 5.69 Å². The van der Waals surface area contributed by atoms with Gasteiger partial charge in [0.1, 0.15) is 11.5 Å². The van der Waals surface area contributed by atoms with Crippen LogP contribution < -0.4 is 0 Å². The Hall–Kier alpha value is -1.67. The molecule has 1 aromatic heterocycles. The molecule has 1 aliphatic rings. The summed E-state index contributed by atoms with van der Waals surface area (Å²) in [6, 6.07) is 4.75. The van der Waals surface area contributed by atoms with Crippen LogP contribution >= 0.6 is 0 Å². The van der Waals surface area contributed by atoms with E-state index in [4.69, 9.17) is 4.74 Å². The molecule has 1 saturated heterocycles. The van der Waals surface area contributed by atoms with Gasteiger partial charge in [0.2, 0.25) is 0 Å². The van der Waals surface area contributed by atoms with E-state index in [0.29, 0.717) is 17.5 Å². The van der Waals surface area contributed by atoms with Crippen molar-refractivity contribution < 1.29 is 13.3 Å². The molecule has 6 nitrogen and oxygen atoms in total. The van der Waals surface area contributed by atoms with Gasteiger partial charge in [-0.3, -0.25) is 4.21 Å². The van der Waals surface area contributed by atoms with Gasteiger partial charge in [0, 0.05) is 29.8 Å². The molecule has 1 aliphatic heterocycles. The number of aryl methyl sites for hydroxylation is 1. The van der Waals surface area contributed by atoms with Crippen LogP contribution in [0, 0.1) is 18.7 Å². The van der Waals surface area contributed by atoms with E-state index in [0.717, 1.165) is 31.6 Å². The van der Waals surface area contributed by atoms with Crippen molar-refractivity contribution in [2.24, 2.45) is 5.92 Å². The molecule has 8 heteroatoms. The van der Waals surface area contributed by atoms with E-state index in [-0.39, 0.29) is 11.4 Å². The molecule has 0 unspecified atom stereocenters. The second-order valence-electron chi connectivity index (χ2n) is 5.77. The zero-order valence-corrected chi connectivity index (χ0v) is 13.8. The topological polar surface area (TPSA) is 69.9 Å². The average Bonchev–Trinajstić information content (AvgIpc) is 2.98. The van der Waals surface area contributed by atoms with E-state index in [1.54, 1.807) is 12.1 Å². The van der Waals surface area contributed by atoms with E-state index in [9.17, 15) is 8.60 Å². The van der Waals surface area contributed by atoms with Crippen LogP contribution in [0.2, 0.25) is 0 Å². The molecule has 1 fully saturated rings. The predicted molar refractivity (Wildman–Crippen MR) is 84.1 cm³/mol. The summed E-state index contributed by atoms with van der Waals surface area (Å²) in [6.45, 7) is 3.33. The van der Waals surface area contributed by atoms with Crippen LogP contribution in [0.4, 0.5) is 4.39 Å². The molecule has 0 radical (unpaired) electrons. The minimum atomic E-state index is -1.08. The Balaban J connectivity index is 1.73. The van der Waals surface area contributed by atoms with Crippen molar-refractivity contribution in [2.75, 3.05) is 19.0 Å². The molecule has 1 atom stereocenters. The first-order chi connectivity index (χ1) is 11.1. The standard InChI is InChI=1S/C15H19FN4O2S/c1-11-2-3-13(16)14(8-11)20-15(17-18-19-20)10-23(21)9-12-4-6-22-7-5-12/h2-3,8,12H,4-7,9-10H2,1H3/t23-/m1/s1. The molecule has 23 heavy (non-hydrogen) atoms. The molecular formula is C15H19FN4O2S. The maximum atomic E-state index is 14.0. The van der Waals surface area contributed by atoms with Crippen molar-refractivity contribution in [1.82, 2.24) is 20.2 Å². The largest absolute Gasteiger partial charge is 0.381 e. The number of rotatable bonds is 5. The van der Waals surface area contributed by atoms with Crippen molar-refractivity contribution in [3.05, 3.63) is 35.4 Å². The molecule has 0 spiro atoms. The fraction of sp³-hybridized carbons (Fsp3) is 0.533. The highest BCUT2D eigenvalue weighted by molar-refractivity contribution is 7.84. The lowest BCUT2D eigenvalue weighted by Crippen LogP contribution is -2.22. The lowest BCUT2D eigenvalue weighted by molar-refractivity contribution is 0.0725. The maximum Gasteiger partial charge on any atom is 0.169 e. The lowest BCUT2D eigenvalue weighted by atomic mass is 10.0. The van der Waals surface area contributed by atoms with Gasteiger partial charge in [0.05, 0.1) is 5.75 Å². The third kappa shape index (κ3) is 4.00. The zero-order chi connectivity index (χ0) is 16.2. The number of halogens is 1. The monoisotopic (exact) mass is 338 g/mol. The van der Waals surface area contributed by atoms with Gasteiger partial charge in [-0.05, 0) is 53.8 Å². The maximum absolute atomic E-state index is 14.0. The zero-order valence-electron chi connectivity index (χ0n) is 12.9. The Morgan fingerprint density at radius 1 is 1.39 bits per heavy atom. The van der Waals surface area contributed by atoms with Gasteiger partial charge < -0.3 is 4.74 Å². The first-order valence-corrected chi connectivity index (χ1v) is 9.09. The molecule has 124 valence electrons. The molecule has 0 saturated carbocycles. The number of aromatic nitrogens is 4. The van der Waals surface area contributed by atoms with Crippen LogP contribution in [-0.2, 0) is 21.3 Å². The van der Waals surface area contributed by atoms with E-state index in [1.165, 1.54) is 10.7 Å². The molecular weight excluding hydrogens is 319 g/mol. The van der Waals surface area contributed by atoms with Gasteiger partial charge in [-0.25, -0.2) is 4.39 Å². The molecule has 1 aromatic carbocycles. The molecule has 0 amide bonds. The number of nitrogens with zero attached hydrogens (tertiary/aromatic N) is 4. The number of benzene rings is 1. The fourth-order valence-corrected chi connectivity index (χ4v) is 4.09. The highest BCUT2D eigenvalue weighted by atomic mass is 32.2. The number of tetrazole rings is 1. The minimum Gasteiger partial charge on any atom is -0.381 e. The first kappa shape index (κ1) is 16.2. The van der Waals surface area contributed by atoms with Gasteiger partial charge in [-0.1, -0.05) is 6.07 Å². The third-order valence-corrected chi connectivity index (χ3v) is 5.34. The quantitative estimate of drug-likeness (QED) is 0.831. The Bertz CT molecular complexity index is 701. The molecule has 0 N–H and O–H groups in total. The number of ether oxygens (including phenoxy) is 1. The minimum absolute atomic E-state index is 0.220. The highest BCUT2D eigenvalue weighted by Gasteiger charge is 2.20. The van der Waals surface area contributed by atoms with Crippen LogP contribution in [0.3, 0.4) is 0 Å². The molecule has 2 aromatic rings.